The quantitative estimate of drug-likeness (QED) is 0.684. The summed E-state index contributed by atoms with van der Waals surface area (Å²) in [5.74, 6) is -0.0692. The Balaban J connectivity index is 2.38. The van der Waals surface area contributed by atoms with Crippen molar-refractivity contribution in [2.24, 2.45) is 0 Å². The lowest BCUT2D eigenvalue weighted by Crippen LogP contribution is -2.26. The van der Waals surface area contributed by atoms with E-state index < -0.39 is 5.97 Å². The summed E-state index contributed by atoms with van der Waals surface area (Å²) in [4.78, 5) is 31.0. The minimum Gasteiger partial charge on any atom is -0.481 e. The normalized spacial score (nSPS) is 10.7. The highest BCUT2D eigenvalue weighted by Crippen LogP contribution is 2.16. The fraction of sp³-hybridized carbons (Fsp3) is 0.625. The molecular formula is C16H25N3O3. The van der Waals surface area contributed by atoms with Gasteiger partial charge in [0.25, 0.3) is 5.91 Å². The summed E-state index contributed by atoms with van der Waals surface area (Å²) in [6, 6.07) is 0. The maximum Gasteiger partial charge on any atom is 0.303 e. The minimum absolute atomic E-state index is 0.144. The molecule has 0 aliphatic heterocycles. The van der Waals surface area contributed by atoms with Crippen LogP contribution >= 0.6 is 0 Å². The van der Waals surface area contributed by atoms with Gasteiger partial charge in [-0.05, 0) is 25.7 Å². The standard InChI is InChI=1S/C16H25N3O3/c1-11(2)15-13(10-18-12(3)19-15)16(22)17-9-7-5-4-6-8-14(20)21/h10-11H,4-9H2,1-3H3,(H,17,22)(H,20,21). The molecule has 1 heterocycles. The highest BCUT2D eigenvalue weighted by Gasteiger charge is 2.15. The van der Waals surface area contributed by atoms with E-state index >= 15 is 0 Å². The molecule has 0 aliphatic carbocycles. The molecule has 2 N–H and O–H groups in total. The molecule has 6 nitrogen and oxygen atoms in total. The topological polar surface area (TPSA) is 92.2 Å². The number of aryl methyl sites for hydroxylation is 1. The average molecular weight is 307 g/mol. The second-order valence-corrected chi connectivity index (χ2v) is 5.68. The van der Waals surface area contributed by atoms with Crippen molar-refractivity contribution < 1.29 is 14.7 Å². The second kappa shape index (κ2) is 9.12. The largest absolute Gasteiger partial charge is 0.481 e. The smallest absolute Gasteiger partial charge is 0.303 e. The van der Waals surface area contributed by atoms with E-state index in [1.54, 1.807) is 6.20 Å². The number of amides is 1. The fourth-order valence-corrected chi connectivity index (χ4v) is 2.15. The Bertz CT molecular complexity index is 515. The number of carboxylic acids is 1. The first-order valence-corrected chi connectivity index (χ1v) is 7.75. The van der Waals surface area contributed by atoms with Crippen molar-refractivity contribution >= 4 is 11.9 Å². The molecule has 0 aromatic carbocycles. The second-order valence-electron chi connectivity index (χ2n) is 5.68. The Morgan fingerprint density at radius 3 is 2.55 bits per heavy atom. The summed E-state index contributed by atoms with van der Waals surface area (Å²) in [5.41, 5.74) is 1.30. The first-order chi connectivity index (χ1) is 10.4. The Morgan fingerprint density at radius 2 is 1.91 bits per heavy atom. The van der Waals surface area contributed by atoms with E-state index in [9.17, 15) is 9.59 Å². The molecule has 1 aromatic rings. The number of nitrogens with one attached hydrogen (secondary N) is 1. The van der Waals surface area contributed by atoms with Gasteiger partial charge in [0, 0.05) is 19.2 Å². The number of carbonyl (C=O) groups is 2. The monoisotopic (exact) mass is 307 g/mol. The Hall–Kier alpha value is -1.98. The number of unbranched alkanes of at least 4 members (excludes halogenated alkanes) is 3. The van der Waals surface area contributed by atoms with Crippen LogP contribution in [0.1, 0.15) is 73.7 Å². The van der Waals surface area contributed by atoms with Gasteiger partial charge in [-0.1, -0.05) is 26.7 Å². The molecule has 1 amide bonds. The lowest BCUT2D eigenvalue weighted by molar-refractivity contribution is -0.137. The predicted molar refractivity (Wildman–Crippen MR) is 83.9 cm³/mol. The summed E-state index contributed by atoms with van der Waals surface area (Å²) < 4.78 is 0. The molecule has 0 spiro atoms. The molecule has 0 atom stereocenters. The van der Waals surface area contributed by atoms with Gasteiger partial charge in [0.15, 0.2) is 0 Å². The summed E-state index contributed by atoms with van der Waals surface area (Å²) in [6.07, 6.45) is 5.11. The van der Waals surface area contributed by atoms with E-state index in [1.165, 1.54) is 0 Å². The molecule has 122 valence electrons. The number of hydrogen-bond acceptors (Lipinski definition) is 4. The summed E-state index contributed by atoms with van der Waals surface area (Å²) in [5, 5.41) is 11.4. The van der Waals surface area contributed by atoms with Crippen molar-refractivity contribution in [3.63, 3.8) is 0 Å². The number of rotatable bonds is 9. The van der Waals surface area contributed by atoms with E-state index in [2.05, 4.69) is 15.3 Å². The first kappa shape index (κ1) is 18.1. The van der Waals surface area contributed by atoms with Crippen molar-refractivity contribution in [2.75, 3.05) is 6.54 Å². The van der Waals surface area contributed by atoms with Gasteiger partial charge >= 0.3 is 5.97 Å². The third-order valence-corrected chi connectivity index (χ3v) is 3.33. The SMILES string of the molecule is Cc1ncc(C(=O)NCCCCCCC(=O)O)c(C(C)C)n1. The molecule has 6 heteroatoms. The Labute approximate surface area is 131 Å². The third-order valence-electron chi connectivity index (χ3n) is 3.33. The van der Waals surface area contributed by atoms with E-state index in [0.717, 1.165) is 25.0 Å². The van der Waals surface area contributed by atoms with Gasteiger partial charge in [-0.25, -0.2) is 9.97 Å². The van der Waals surface area contributed by atoms with Crippen LogP contribution < -0.4 is 5.32 Å². The van der Waals surface area contributed by atoms with E-state index in [4.69, 9.17) is 5.11 Å². The van der Waals surface area contributed by atoms with Crippen molar-refractivity contribution in [3.05, 3.63) is 23.3 Å². The van der Waals surface area contributed by atoms with Gasteiger partial charge in [-0.2, -0.15) is 0 Å². The van der Waals surface area contributed by atoms with Crippen molar-refractivity contribution in [2.45, 2.75) is 58.8 Å². The van der Waals surface area contributed by atoms with Crippen molar-refractivity contribution in [1.82, 2.24) is 15.3 Å². The number of aliphatic carboxylic acids is 1. The van der Waals surface area contributed by atoms with Gasteiger partial charge in [-0.15, -0.1) is 0 Å². The number of nitrogens with zero attached hydrogens (tertiary/aromatic N) is 2. The Kier molecular flexibility index (Phi) is 7.49. The van der Waals surface area contributed by atoms with Crippen LogP contribution in [0.15, 0.2) is 6.20 Å². The van der Waals surface area contributed by atoms with Crippen LogP contribution in [0.3, 0.4) is 0 Å². The summed E-state index contributed by atoms with van der Waals surface area (Å²) in [6.45, 7) is 6.39. The van der Waals surface area contributed by atoms with Crippen LogP contribution in [0.4, 0.5) is 0 Å². The summed E-state index contributed by atoms with van der Waals surface area (Å²) >= 11 is 0. The number of aromatic nitrogens is 2. The molecule has 22 heavy (non-hydrogen) atoms. The molecule has 0 radical (unpaired) electrons. The van der Waals surface area contributed by atoms with Crippen LogP contribution in [0, 0.1) is 6.92 Å². The molecule has 0 saturated carbocycles. The van der Waals surface area contributed by atoms with Gasteiger partial charge in [0.1, 0.15) is 5.82 Å². The molecule has 0 saturated heterocycles. The molecule has 0 aliphatic rings. The van der Waals surface area contributed by atoms with Gasteiger partial charge in [0.2, 0.25) is 0 Å². The predicted octanol–water partition coefficient (Wildman–Crippen LogP) is 2.67. The molecule has 0 bridgehead atoms. The lowest BCUT2D eigenvalue weighted by Gasteiger charge is -2.12. The van der Waals surface area contributed by atoms with E-state index in [-0.39, 0.29) is 18.2 Å². The molecule has 0 fully saturated rings. The molecule has 1 rings (SSSR count). The maximum atomic E-state index is 12.2. The zero-order valence-electron chi connectivity index (χ0n) is 13.6. The van der Waals surface area contributed by atoms with E-state index in [0.29, 0.717) is 24.4 Å². The number of hydrogen-bond donors (Lipinski definition) is 2. The van der Waals surface area contributed by atoms with Crippen LogP contribution in [0.25, 0.3) is 0 Å². The van der Waals surface area contributed by atoms with Gasteiger partial charge < -0.3 is 10.4 Å². The summed E-state index contributed by atoms with van der Waals surface area (Å²) in [7, 11) is 0. The average Bonchev–Trinajstić information content (AvgIpc) is 2.45. The first-order valence-electron chi connectivity index (χ1n) is 7.75. The lowest BCUT2D eigenvalue weighted by atomic mass is 10.0. The molecule has 1 aromatic heterocycles. The van der Waals surface area contributed by atoms with E-state index in [1.807, 2.05) is 20.8 Å². The third kappa shape index (κ3) is 6.20. The highest BCUT2D eigenvalue weighted by atomic mass is 16.4. The van der Waals surface area contributed by atoms with Crippen LogP contribution in [0.2, 0.25) is 0 Å². The zero-order valence-corrected chi connectivity index (χ0v) is 13.6. The van der Waals surface area contributed by atoms with Gasteiger partial charge in [0.05, 0.1) is 11.3 Å². The Morgan fingerprint density at radius 1 is 1.23 bits per heavy atom. The zero-order chi connectivity index (χ0) is 16.5. The number of carboxylic acid groups (broad SMARTS) is 1. The highest BCUT2D eigenvalue weighted by molar-refractivity contribution is 5.95. The van der Waals surface area contributed by atoms with Crippen LogP contribution in [-0.4, -0.2) is 33.5 Å². The van der Waals surface area contributed by atoms with Crippen molar-refractivity contribution in [1.29, 1.82) is 0 Å². The van der Waals surface area contributed by atoms with Crippen molar-refractivity contribution in [3.8, 4) is 0 Å². The van der Waals surface area contributed by atoms with Gasteiger partial charge in [-0.3, -0.25) is 9.59 Å². The minimum atomic E-state index is -0.756. The fourth-order valence-electron chi connectivity index (χ4n) is 2.15. The maximum absolute atomic E-state index is 12.2. The van der Waals surface area contributed by atoms with Crippen LogP contribution in [-0.2, 0) is 4.79 Å². The number of carbonyl (C=O) groups excluding carboxylic acids is 1. The molecular weight excluding hydrogens is 282 g/mol. The molecule has 0 unspecified atom stereocenters. The van der Waals surface area contributed by atoms with Crippen LogP contribution in [0.5, 0.6) is 0 Å².